The number of carbonyl (C=O) groups excluding carboxylic acids is 2. The SMILES string of the molecule is CCOc1cccc(N2C(=O)/C(=C\c3cc(-c4ccccc4)n(-c4ccc(Cl)cc4)c3-c3ccccc3)C(=O)NC2=S)c1. The summed E-state index contributed by atoms with van der Waals surface area (Å²) in [5.41, 5.74) is 5.60. The van der Waals surface area contributed by atoms with Crippen molar-refractivity contribution in [1.29, 1.82) is 0 Å². The van der Waals surface area contributed by atoms with Crippen LogP contribution in [0, 0.1) is 0 Å². The van der Waals surface area contributed by atoms with Crippen LogP contribution in [0.4, 0.5) is 5.69 Å². The van der Waals surface area contributed by atoms with Gasteiger partial charge in [-0.15, -0.1) is 0 Å². The molecule has 5 aromatic rings. The summed E-state index contributed by atoms with van der Waals surface area (Å²) >= 11 is 11.7. The van der Waals surface area contributed by atoms with Crippen LogP contribution in [-0.2, 0) is 9.59 Å². The van der Waals surface area contributed by atoms with Crippen molar-refractivity contribution in [1.82, 2.24) is 9.88 Å². The molecule has 212 valence electrons. The van der Waals surface area contributed by atoms with Crippen LogP contribution in [-0.4, -0.2) is 28.1 Å². The van der Waals surface area contributed by atoms with Gasteiger partial charge in [0.1, 0.15) is 11.3 Å². The molecule has 1 aromatic heterocycles. The van der Waals surface area contributed by atoms with Crippen molar-refractivity contribution in [3.8, 4) is 34.0 Å². The molecule has 0 radical (unpaired) electrons. The van der Waals surface area contributed by atoms with E-state index in [-0.39, 0.29) is 10.7 Å². The number of nitrogens with one attached hydrogen (secondary N) is 1. The van der Waals surface area contributed by atoms with Crippen LogP contribution in [0.3, 0.4) is 0 Å². The molecule has 0 atom stereocenters. The van der Waals surface area contributed by atoms with E-state index in [2.05, 4.69) is 9.88 Å². The molecule has 43 heavy (non-hydrogen) atoms. The van der Waals surface area contributed by atoms with Crippen molar-refractivity contribution in [3.05, 3.63) is 131 Å². The number of rotatable bonds is 7. The number of benzene rings is 4. The number of anilines is 1. The normalized spacial score (nSPS) is 14.2. The number of thiocarbonyl (C=S) groups is 1. The molecule has 4 aromatic carbocycles. The summed E-state index contributed by atoms with van der Waals surface area (Å²) in [6.07, 6.45) is 1.64. The second-order valence-electron chi connectivity index (χ2n) is 9.77. The zero-order valence-electron chi connectivity index (χ0n) is 23.2. The average molecular weight is 604 g/mol. The molecule has 0 aliphatic carbocycles. The van der Waals surface area contributed by atoms with Gasteiger partial charge in [-0.25, -0.2) is 0 Å². The molecule has 2 amide bonds. The Morgan fingerprint density at radius 2 is 1.49 bits per heavy atom. The van der Waals surface area contributed by atoms with Crippen molar-refractivity contribution in [2.24, 2.45) is 0 Å². The van der Waals surface area contributed by atoms with E-state index < -0.39 is 11.8 Å². The van der Waals surface area contributed by atoms with Crippen molar-refractivity contribution < 1.29 is 14.3 Å². The standard InChI is InChI=1S/C35H26ClN3O3S/c1-2-42-29-15-9-14-28(22-29)39-34(41)30(33(40)37-35(39)43)20-25-21-31(23-10-5-3-6-11-23)38(27-18-16-26(36)17-19-27)32(25)24-12-7-4-8-13-24/h3-22H,2H2,1H3,(H,37,40,43)/b30-20-. The maximum atomic E-state index is 14.0. The van der Waals surface area contributed by atoms with Crippen LogP contribution in [0.25, 0.3) is 34.3 Å². The van der Waals surface area contributed by atoms with Crippen LogP contribution in [0.5, 0.6) is 5.75 Å². The summed E-state index contributed by atoms with van der Waals surface area (Å²) < 4.78 is 7.75. The molecule has 1 saturated heterocycles. The lowest BCUT2D eigenvalue weighted by Crippen LogP contribution is -2.54. The fraction of sp³-hybridized carbons (Fsp3) is 0.0571. The first-order valence-corrected chi connectivity index (χ1v) is 14.5. The fourth-order valence-electron chi connectivity index (χ4n) is 5.14. The third kappa shape index (κ3) is 5.60. The number of nitrogens with zero attached hydrogens (tertiary/aromatic N) is 2. The molecular formula is C35H26ClN3O3S. The predicted octanol–water partition coefficient (Wildman–Crippen LogP) is 7.69. The van der Waals surface area contributed by atoms with Gasteiger partial charge in [-0.1, -0.05) is 78.3 Å². The minimum absolute atomic E-state index is 0.00721. The van der Waals surface area contributed by atoms with E-state index >= 15 is 0 Å². The maximum absolute atomic E-state index is 14.0. The van der Waals surface area contributed by atoms with E-state index in [0.29, 0.717) is 28.6 Å². The van der Waals surface area contributed by atoms with Crippen molar-refractivity contribution in [2.45, 2.75) is 6.92 Å². The highest BCUT2D eigenvalue weighted by molar-refractivity contribution is 7.80. The molecular weight excluding hydrogens is 578 g/mol. The number of hydrogen-bond donors (Lipinski definition) is 1. The molecule has 0 spiro atoms. The van der Waals surface area contributed by atoms with Crippen LogP contribution >= 0.6 is 23.8 Å². The lowest BCUT2D eigenvalue weighted by Gasteiger charge is -2.29. The maximum Gasteiger partial charge on any atom is 0.270 e. The molecule has 2 heterocycles. The number of carbonyl (C=O) groups is 2. The summed E-state index contributed by atoms with van der Waals surface area (Å²) in [5.74, 6) is -0.495. The lowest BCUT2D eigenvalue weighted by atomic mass is 10.0. The van der Waals surface area contributed by atoms with Gasteiger partial charge in [-0.2, -0.15) is 0 Å². The molecule has 1 fully saturated rings. The second kappa shape index (κ2) is 12.1. The van der Waals surface area contributed by atoms with Crippen molar-refractivity contribution in [3.63, 3.8) is 0 Å². The Hall–Kier alpha value is -4.98. The number of hydrogen-bond acceptors (Lipinski definition) is 4. The molecule has 0 unspecified atom stereocenters. The van der Waals surface area contributed by atoms with E-state index in [0.717, 1.165) is 28.2 Å². The molecule has 8 heteroatoms. The van der Waals surface area contributed by atoms with Crippen LogP contribution in [0.2, 0.25) is 5.02 Å². The highest BCUT2D eigenvalue weighted by atomic mass is 35.5. The Kier molecular flexibility index (Phi) is 7.92. The molecule has 6 rings (SSSR count). The first-order valence-electron chi connectivity index (χ1n) is 13.7. The zero-order chi connectivity index (χ0) is 29.9. The number of halogens is 1. The van der Waals surface area contributed by atoms with Crippen LogP contribution in [0.1, 0.15) is 12.5 Å². The van der Waals surface area contributed by atoms with Crippen LogP contribution < -0.4 is 15.0 Å². The summed E-state index contributed by atoms with van der Waals surface area (Å²) in [6.45, 7) is 2.36. The predicted molar refractivity (Wildman–Crippen MR) is 175 cm³/mol. The van der Waals surface area contributed by atoms with E-state index in [4.69, 9.17) is 28.6 Å². The fourth-order valence-corrected chi connectivity index (χ4v) is 5.54. The first kappa shape index (κ1) is 28.2. The van der Waals surface area contributed by atoms with Crippen molar-refractivity contribution in [2.75, 3.05) is 11.5 Å². The summed E-state index contributed by atoms with van der Waals surface area (Å²) in [6, 6.07) is 36.4. The minimum atomic E-state index is -0.563. The molecule has 0 saturated carbocycles. The van der Waals surface area contributed by atoms with E-state index in [9.17, 15) is 9.59 Å². The Morgan fingerprint density at radius 1 is 0.814 bits per heavy atom. The van der Waals surface area contributed by atoms with E-state index in [1.165, 1.54) is 4.90 Å². The van der Waals surface area contributed by atoms with Gasteiger partial charge in [-0.3, -0.25) is 19.8 Å². The Balaban J connectivity index is 1.56. The topological polar surface area (TPSA) is 63.6 Å². The Bertz CT molecular complexity index is 1870. The molecule has 1 N–H and O–H groups in total. The van der Waals surface area contributed by atoms with Gasteiger partial charge in [0, 0.05) is 22.3 Å². The van der Waals surface area contributed by atoms with Crippen LogP contribution in [0.15, 0.2) is 121 Å². The Labute approximate surface area is 259 Å². The lowest BCUT2D eigenvalue weighted by molar-refractivity contribution is -0.122. The van der Waals surface area contributed by atoms with Gasteiger partial charge in [0.05, 0.1) is 23.7 Å². The molecule has 1 aliphatic rings. The first-order chi connectivity index (χ1) is 20.9. The highest BCUT2D eigenvalue weighted by Gasteiger charge is 2.35. The number of amides is 2. The molecule has 1 aliphatic heterocycles. The summed E-state index contributed by atoms with van der Waals surface area (Å²) in [5, 5.41) is 3.32. The molecule has 6 nitrogen and oxygen atoms in total. The third-order valence-electron chi connectivity index (χ3n) is 7.02. The average Bonchev–Trinajstić information content (AvgIpc) is 3.40. The zero-order valence-corrected chi connectivity index (χ0v) is 24.7. The number of ether oxygens (including phenoxy) is 1. The van der Waals surface area contributed by atoms with Gasteiger partial charge >= 0.3 is 0 Å². The quantitative estimate of drug-likeness (QED) is 0.118. The monoisotopic (exact) mass is 603 g/mol. The van der Waals surface area contributed by atoms with Gasteiger partial charge in [0.15, 0.2) is 5.11 Å². The summed E-state index contributed by atoms with van der Waals surface area (Å²) in [4.78, 5) is 28.6. The Morgan fingerprint density at radius 3 is 2.16 bits per heavy atom. The minimum Gasteiger partial charge on any atom is -0.494 e. The number of aromatic nitrogens is 1. The second-order valence-corrected chi connectivity index (χ2v) is 10.6. The van der Waals surface area contributed by atoms with Gasteiger partial charge in [0.2, 0.25) is 0 Å². The van der Waals surface area contributed by atoms with E-state index in [1.54, 1.807) is 30.3 Å². The van der Waals surface area contributed by atoms with Gasteiger partial charge in [0.25, 0.3) is 11.8 Å². The molecule has 0 bridgehead atoms. The third-order valence-corrected chi connectivity index (χ3v) is 7.56. The summed E-state index contributed by atoms with van der Waals surface area (Å²) in [7, 11) is 0. The highest BCUT2D eigenvalue weighted by Crippen LogP contribution is 2.38. The smallest absolute Gasteiger partial charge is 0.270 e. The van der Waals surface area contributed by atoms with Gasteiger partial charge in [-0.05, 0) is 78.8 Å². The van der Waals surface area contributed by atoms with Gasteiger partial charge < -0.3 is 9.30 Å². The largest absolute Gasteiger partial charge is 0.494 e. The van der Waals surface area contributed by atoms with E-state index in [1.807, 2.05) is 97.9 Å². The van der Waals surface area contributed by atoms with Crippen molar-refractivity contribution >= 4 is 52.5 Å².